The molecular formula is C14H20N2O5. The number of carboxylic acid groups (broad SMARTS) is 1. The molecule has 0 aliphatic carbocycles. The number of nitrogens with one attached hydrogen (secondary N) is 2. The summed E-state index contributed by atoms with van der Waals surface area (Å²) in [4.78, 5) is 34.1. The van der Waals surface area contributed by atoms with E-state index >= 15 is 0 Å². The summed E-state index contributed by atoms with van der Waals surface area (Å²) in [6.45, 7) is 5.83. The SMILES string of the molecule is CCc1oc(C(=O)NCCNC(=O)C(C)C)cc1C(=O)O. The third-order valence-electron chi connectivity index (χ3n) is 2.82. The maximum Gasteiger partial charge on any atom is 0.339 e. The maximum atomic E-state index is 11.8. The van der Waals surface area contributed by atoms with Crippen molar-refractivity contribution in [2.75, 3.05) is 13.1 Å². The molecule has 0 fully saturated rings. The van der Waals surface area contributed by atoms with Crippen molar-refractivity contribution in [2.45, 2.75) is 27.2 Å². The van der Waals surface area contributed by atoms with Crippen LogP contribution in [0.15, 0.2) is 10.5 Å². The molecular weight excluding hydrogens is 276 g/mol. The van der Waals surface area contributed by atoms with E-state index in [-0.39, 0.29) is 35.5 Å². The number of carbonyl (C=O) groups excluding carboxylic acids is 2. The molecule has 1 aromatic rings. The molecule has 0 saturated heterocycles. The lowest BCUT2D eigenvalue weighted by Crippen LogP contribution is -2.36. The van der Waals surface area contributed by atoms with Crippen LogP contribution < -0.4 is 10.6 Å². The van der Waals surface area contributed by atoms with Crippen molar-refractivity contribution in [3.05, 3.63) is 23.2 Å². The molecule has 7 heteroatoms. The van der Waals surface area contributed by atoms with Crippen LogP contribution in [0.5, 0.6) is 0 Å². The Morgan fingerprint density at radius 2 is 1.86 bits per heavy atom. The molecule has 0 unspecified atom stereocenters. The first-order chi connectivity index (χ1) is 9.86. The molecule has 7 nitrogen and oxygen atoms in total. The van der Waals surface area contributed by atoms with E-state index < -0.39 is 11.9 Å². The van der Waals surface area contributed by atoms with Gasteiger partial charge in [-0.05, 0) is 0 Å². The standard InChI is InChI=1S/C14H20N2O5/c1-4-10-9(14(19)20)7-11(21-10)13(18)16-6-5-15-12(17)8(2)3/h7-8H,4-6H2,1-3H3,(H,15,17)(H,16,18)(H,19,20). The summed E-state index contributed by atoms with van der Waals surface area (Å²) in [5.74, 6) is -1.62. The van der Waals surface area contributed by atoms with Crippen LogP contribution in [0.3, 0.4) is 0 Å². The first-order valence-electron chi connectivity index (χ1n) is 6.78. The van der Waals surface area contributed by atoms with Crippen LogP contribution in [-0.4, -0.2) is 36.0 Å². The van der Waals surface area contributed by atoms with Crippen LogP contribution in [0, 0.1) is 5.92 Å². The Labute approximate surface area is 122 Å². The minimum atomic E-state index is -1.13. The Kier molecular flexibility index (Phi) is 5.95. The molecule has 0 aliphatic rings. The summed E-state index contributed by atoms with van der Waals surface area (Å²) in [7, 11) is 0. The number of furan rings is 1. The third-order valence-corrected chi connectivity index (χ3v) is 2.82. The lowest BCUT2D eigenvalue weighted by Gasteiger charge is -2.07. The van der Waals surface area contributed by atoms with Crippen molar-refractivity contribution in [2.24, 2.45) is 5.92 Å². The van der Waals surface area contributed by atoms with Crippen LogP contribution in [0.2, 0.25) is 0 Å². The monoisotopic (exact) mass is 296 g/mol. The summed E-state index contributed by atoms with van der Waals surface area (Å²) >= 11 is 0. The highest BCUT2D eigenvalue weighted by atomic mass is 16.4. The lowest BCUT2D eigenvalue weighted by molar-refractivity contribution is -0.123. The van der Waals surface area contributed by atoms with E-state index in [0.29, 0.717) is 13.0 Å². The molecule has 0 bridgehead atoms. The molecule has 1 heterocycles. The van der Waals surface area contributed by atoms with Gasteiger partial charge in [-0.25, -0.2) is 4.79 Å². The van der Waals surface area contributed by atoms with E-state index in [4.69, 9.17) is 9.52 Å². The van der Waals surface area contributed by atoms with Crippen molar-refractivity contribution in [1.82, 2.24) is 10.6 Å². The summed E-state index contributed by atoms with van der Waals surface area (Å²) in [6, 6.07) is 1.21. The average molecular weight is 296 g/mol. The van der Waals surface area contributed by atoms with Gasteiger partial charge in [0.25, 0.3) is 5.91 Å². The minimum Gasteiger partial charge on any atom is -0.478 e. The number of rotatable bonds is 7. The van der Waals surface area contributed by atoms with Gasteiger partial charge in [0.05, 0.1) is 0 Å². The molecule has 0 aromatic carbocycles. The molecule has 3 N–H and O–H groups in total. The molecule has 0 aliphatic heterocycles. The van der Waals surface area contributed by atoms with Crippen molar-refractivity contribution in [1.29, 1.82) is 0 Å². The highest BCUT2D eigenvalue weighted by molar-refractivity contribution is 5.96. The number of aromatic carboxylic acids is 1. The van der Waals surface area contributed by atoms with Crippen LogP contribution in [0.4, 0.5) is 0 Å². The van der Waals surface area contributed by atoms with E-state index in [9.17, 15) is 14.4 Å². The fourth-order valence-corrected chi connectivity index (χ4v) is 1.64. The van der Waals surface area contributed by atoms with Gasteiger partial charge in [0.2, 0.25) is 5.91 Å². The van der Waals surface area contributed by atoms with Crippen LogP contribution in [0.1, 0.15) is 47.4 Å². The van der Waals surface area contributed by atoms with E-state index in [2.05, 4.69) is 10.6 Å². The molecule has 116 valence electrons. The normalized spacial score (nSPS) is 10.5. The average Bonchev–Trinajstić information content (AvgIpc) is 2.87. The van der Waals surface area contributed by atoms with Gasteiger partial charge in [-0.3, -0.25) is 9.59 Å². The number of amides is 2. The van der Waals surface area contributed by atoms with Gasteiger partial charge >= 0.3 is 5.97 Å². The van der Waals surface area contributed by atoms with Gasteiger partial charge in [0, 0.05) is 31.5 Å². The van der Waals surface area contributed by atoms with E-state index in [1.54, 1.807) is 20.8 Å². The fraction of sp³-hybridized carbons (Fsp3) is 0.500. The molecule has 1 aromatic heterocycles. The quantitative estimate of drug-likeness (QED) is 0.651. The fourth-order valence-electron chi connectivity index (χ4n) is 1.64. The number of hydrogen-bond donors (Lipinski definition) is 3. The molecule has 0 spiro atoms. The highest BCUT2D eigenvalue weighted by Gasteiger charge is 2.19. The van der Waals surface area contributed by atoms with E-state index in [1.807, 2.05) is 0 Å². The van der Waals surface area contributed by atoms with Crippen molar-refractivity contribution in [3.8, 4) is 0 Å². The second kappa shape index (κ2) is 7.47. The smallest absolute Gasteiger partial charge is 0.339 e. The zero-order chi connectivity index (χ0) is 16.0. The van der Waals surface area contributed by atoms with Gasteiger partial charge < -0.3 is 20.2 Å². The number of hydrogen-bond acceptors (Lipinski definition) is 4. The van der Waals surface area contributed by atoms with Gasteiger partial charge in [-0.1, -0.05) is 20.8 Å². The Hall–Kier alpha value is -2.31. The predicted molar refractivity (Wildman–Crippen MR) is 75.2 cm³/mol. The van der Waals surface area contributed by atoms with Gasteiger partial charge in [-0.15, -0.1) is 0 Å². The molecule has 21 heavy (non-hydrogen) atoms. The summed E-state index contributed by atoms with van der Waals surface area (Å²) in [5, 5.41) is 14.2. The number of carbonyl (C=O) groups is 3. The first-order valence-corrected chi connectivity index (χ1v) is 6.78. The molecule has 0 atom stereocenters. The van der Waals surface area contributed by atoms with Crippen LogP contribution in [0.25, 0.3) is 0 Å². The molecule has 0 saturated carbocycles. The molecule has 1 rings (SSSR count). The Bertz CT molecular complexity index is 533. The van der Waals surface area contributed by atoms with Gasteiger partial charge in [-0.2, -0.15) is 0 Å². The van der Waals surface area contributed by atoms with Crippen molar-refractivity contribution in [3.63, 3.8) is 0 Å². The summed E-state index contributed by atoms with van der Waals surface area (Å²) in [5.41, 5.74) is -0.00393. The third kappa shape index (κ3) is 4.62. The Morgan fingerprint density at radius 3 is 2.33 bits per heavy atom. The molecule has 2 amide bonds. The number of carboxylic acids is 1. The zero-order valence-corrected chi connectivity index (χ0v) is 12.4. The van der Waals surface area contributed by atoms with Crippen LogP contribution in [-0.2, 0) is 11.2 Å². The second-order valence-corrected chi connectivity index (χ2v) is 4.81. The zero-order valence-electron chi connectivity index (χ0n) is 12.4. The number of aryl methyl sites for hydroxylation is 1. The van der Waals surface area contributed by atoms with Gasteiger partial charge in [0.15, 0.2) is 5.76 Å². The topological polar surface area (TPSA) is 109 Å². The van der Waals surface area contributed by atoms with Gasteiger partial charge in [0.1, 0.15) is 11.3 Å². The first kappa shape index (κ1) is 16.7. The summed E-state index contributed by atoms with van der Waals surface area (Å²) < 4.78 is 5.22. The lowest BCUT2D eigenvalue weighted by atomic mass is 10.2. The summed E-state index contributed by atoms with van der Waals surface area (Å²) in [6.07, 6.45) is 0.388. The molecule has 0 radical (unpaired) electrons. The van der Waals surface area contributed by atoms with Crippen LogP contribution >= 0.6 is 0 Å². The van der Waals surface area contributed by atoms with Crippen molar-refractivity contribution < 1.29 is 23.9 Å². The largest absolute Gasteiger partial charge is 0.478 e. The van der Waals surface area contributed by atoms with E-state index in [0.717, 1.165) is 0 Å². The highest BCUT2D eigenvalue weighted by Crippen LogP contribution is 2.16. The Balaban J connectivity index is 2.53. The second-order valence-electron chi connectivity index (χ2n) is 4.81. The maximum absolute atomic E-state index is 11.8. The predicted octanol–water partition coefficient (Wildman–Crippen LogP) is 1.04. The van der Waals surface area contributed by atoms with Crippen molar-refractivity contribution >= 4 is 17.8 Å². The van der Waals surface area contributed by atoms with E-state index in [1.165, 1.54) is 6.07 Å². The minimum absolute atomic E-state index is 0.00393. The Morgan fingerprint density at radius 1 is 1.24 bits per heavy atom.